The van der Waals surface area contributed by atoms with Gasteiger partial charge in [0.25, 0.3) is 0 Å². The summed E-state index contributed by atoms with van der Waals surface area (Å²) in [6, 6.07) is 8.06. The minimum Gasteiger partial charge on any atom is -0.488 e. The van der Waals surface area contributed by atoms with E-state index in [1.54, 1.807) is 9.80 Å². The van der Waals surface area contributed by atoms with Crippen LogP contribution in [0.4, 0.5) is 0 Å². The van der Waals surface area contributed by atoms with Crippen LogP contribution in [-0.2, 0) is 0 Å². The van der Waals surface area contributed by atoms with Crippen LogP contribution in [0, 0.1) is 0 Å². The van der Waals surface area contributed by atoms with E-state index in [-0.39, 0.29) is 0 Å². The SMILES string of the molecule is CC[NH+]1CC[NH+](CCOc2cccc(Br)c2)CC1. The number of hydrogen-bond acceptors (Lipinski definition) is 1. The number of likely N-dealkylation sites (N-methyl/N-ethyl adjacent to an activating group) is 1. The van der Waals surface area contributed by atoms with Crippen LogP contribution in [0.1, 0.15) is 6.92 Å². The topological polar surface area (TPSA) is 18.1 Å². The third-order valence-electron chi connectivity index (χ3n) is 3.68. The number of halogens is 1. The zero-order valence-corrected chi connectivity index (χ0v) is 12.6. The van der Waals surface area contributed by atoms with E-state index in [1.165, 1.54) is 32.7 Å². The lowest BCUT2D eigenvalue weighted by Crippen LogP contribution is -3.28. The van der Waals surface area contributed by atoms with Crippen LogP contribution in [0.25, 0.3) is 0 Å². The van der Waals surface area contributed by atoms with Gasteiger partial charge in [-0.05, 0) is 25.1 Å². The maximum atomic E-state index is 5.79. The van der Waals surface area contributed by atoms with Crippen molar-refractivity contribution in [1.82, 2.24) is 0 Å². The number of ether oxygens (including phenoxy) is 1. The molecule has 0 spiro atoms. The molecule has 4 heteroatoms. The summed E-state index contributed by atoms with van der Waals surface area (Å²) in [5, 5.41) is 0. The minimum atomic E-state index is 0.813. The van der Waals surface area contributed by atoms with E-state index in [0.29, 0.717) is 0 Å². The number of nitrogens with one attached hydrogen (secondary N) is 2. The minimum absolute atomic E-state index is 0.813. The molecule has 0 aliphatic carbocycles. The first kappa shape index (κ1) is 13.8. The van der Waals surface area contributed by atoms with Crippen LogP contribution in [0.5, 0.6) is 5.75 Å². The highest BCUT2D eigenvalue weighted by Gasteiger charge is 2.20. The highest BCUT2D eigenvalue weighted by Crippen LogP contribution is 2.17. The molecule has 0 unspecified atom stereocenters. The molecule has 1 aliphatic heterocycles. The van der Waals surface area contributed by atoms with E-state index >= 15 is 0 Å². The first-order chi connectivity index (χ1) is 8.78. The molecule has 0 saturated carbocycles. The van der Waals surface area contributed by atoms with Gasteiger partial charge >= 0.3 is 0 Å². The number of benzene rings is 1. The summed E-state index contributed by atoms with van der Waals surface area (Å²) in [4.78, 5) is 3.42. The Morgan fingerprint density at radius 3 is 2.56 bits per heavy atom. The van der Waals surface area contributed by atoms with E-state index in [4.69, 9.17) is 4.74 Å². The fourth-order valence-electron chi connectivity index (χ4n) is 2.43. The van der Waals surface area contributed by atoms with Gasteiger partial charge in [-0.2, -0.15) is 0 Å². The number of quaternary nitrogens is 2. The number of hydrogen-bond donors (Lipinski definition) is 2. The van der Waals surface area contributed by atoms with Gasteiger partial charge in [-0.3, -0.25) is 0 Å². The van der Waals surface area contributed by atoms with E-state index in [1.807, 2.05) is 24.3 Å². The van der Waals surface area contributed by atoms with Crippen molar-refractivity contribution < 1.29 is 14.5 Å². The van der Waals surface area contributed by atoms with Gasteiger partial charge in [0.05, 0.1) is 6.54 Å². The molecule has 0 amide bonds. The molecular formula is C14H23BrN2O+2. The molecule has 1 heterocycles. The Morgan fingerprint density at radius 1 is 1.17 bits per heavy atom. The zero-order valence-electron chi connectivity index (χ0n) is 11.0. The molecule has 0 aromatic heterocycles. The van der Waals surface area contributed by atoms with Crippen molar-refractivity contribution in [2.75, 3.05) is 45.9 Å². The maximum Gasteiger partial charge on any atom is 0.137 e. The molecule has 1 fully saturated rings. The van der Waals surface area contributed by atoms with E-state index in [2.05, 4.69) is 22.9 Å². The molecule has 100 valence electrons. The van der Waals surface area contributed by atoms with Gasteiger partial charge in [0.15, 0.2) is 0 Å². The van der Waals surface area contributed by atoms with Crippen LogP contribution < -0.4 is 14.5 Å². The standard InChI is InChI=1S/C14H21BrN2O/c1-2-16-6-8-17(9-7-16)10-11-18-14-5-3-4-13(15)12-14/h3-5,12H,2,6-11H2,1H3/p+2. The second-order valence-electron chi connectivity index (χ2n) is 4.91. The second-order valence-corrected chi connectivity index (χ2v) is 5.83. The summed E-state index contributed by atoms with van der Waals surface area (Å²) >= 11 is 3.46. The lowest BCUT2D eigenvalue weighted by atomic mass is 10.3. The Hall–Kier alpha value is -0.580. The molecule has 3 nitrogen and oxygen atoms in total. The van der Waals surface area contributed by atoms with E-state index in [9.17, 15) is 0 Å². The lowest BCUT2D eigenvalue weighted by molar-refractivity contribution is -1.01. The quantitative estimate of drug-likeness (QED) is 0.759. The van der Waals surface area contributed by atoms with E-state index in [0.717, 1.165) is 23.4 Å². The predicted molar refractivity (Wildman–Crippen MR) is 76.4 cm³/mol. The molecule has 0 atom stereocenters. The van der Waals surface area contributed by atoms with Crippen LogP contribution in [-0.4, -0.2) is 45.9 Å². The largest absolute Gasteiger partial charge is 0.488 e. The summed E-state index contributed by atoms with van der Waals surface area (Å²) in [5.74, 6) is 0.960. The average molecular weight is 315 g/mol. The van der Waals surface area contributed by atoms with Crippen molar-refractivity contribution in [2.24, 2.45) is 0 Å². The van der Waals surface area contributed by atoms with Crippen molar-refractivity contribution in [3.63, 3.8) is 0 Å². The van der Waals surface area contributed by atoms with Gasteiger partial charge in [0, 0.05) is 4.47 Å². The second kappa shape index (κ2) is 7.12. The van der Waals surface area contributed by atoms with Crippen LogP contribution >= 0.6 is 15.9 Å². The molecule has 1 aromatic rings. The summed E-state index contributed by atoms with van der Waals surface area (Å²) in [6.07, 6.45) is 0. The smallest absolute Gasteiger partial charge is 0.137 e. The third-order valence-corrected chi connectivity index (χ3v) is 4.18. The first-order valence-electron chi connectivity index (χ1n) is 6.83. The van der Waals surface area contributed by atoms with Gasteiger partial charge in [-0.25, -0.2) is 0 Å². The van der Waals surface area contributed by atoms with Gasteiger partial charge in [-0.1, -0.05) is 22.0 Å². The summed E-state index contributed by atoms with van der Waals surface area (Å²) in [7, 11) is 0. The summed E-state index contributed by atoms with van der Waals surface area (Å²) in [6.45, 7) is 10.6. The van der Waals surface area contributed by atoms with Crippen molar-refractivity contribution >= 4 is 15.9 Å². The summed E-state index contributed by atoms with van der Waals surface area (Å²) in [5.41, 5.74) is 0. The zero-order chi connectivity index (χ0) is 12.8. The van der Waals surface area contributed by atoms with Gasteiger partial charge in [0.2, 0.25) is 0 Å². The van der Waals surface area contributed by atoms with Crippen LogP contribution in [0.15, 0.2) is 28.7 Å². The number of piperazine rings is 1. The normalized spacial score (nSPS) is 23.9. The highest BCUT2D eigenvalue weighted by atomic mass is 79.9. The Bertz CT molecular complexity index is 365. The molecular weight excluding hydrogens is 292 g/mol. The molecule has 0 radical (unpaired) electrons. The monoisotopic (exact) mass is 314 g/mol. The van der Waals surface area contributed by atoms with Gasteiger partial charge < -0.3 is 14.5 Å². The van der Waals surface area contributed by atoms with Crippen molar-refractivity contribution in [1.29, 1.82) is 0 Å². The van der Waals surface area contributed by atoms with Gasteiger partial charge in [0.1, 0.15) is 45.1 Å². The molecule has 2 rings (SSSR count). The Labute approximate surface area is 118 Å². The Kier molecular flexibility index (Phi) is 5.47. The summed E-state index contributed by atoms with van der Waals surface area (Å²) < 4.78 is 6.86. The molecule has 1 saturated heterocycles. The van der Waals surface area contributed by atoms with Crippen molar-refractivity contribution in [3.05, 3.63) is 28.7 Å². The highest BCUT2D eigenvalue weighted by molar-refractivity contribution is 9.10. The average Bonchev–Trinajstić information content (AvgIpc) is 2.40. The maximum absolute atomic E-state index is 5.79. The van der Waals surface area contributed by atoms with E-state index < -0.39 is 0 Å². The fraction of sp³-hybridized carbons (Fsp3) is 0.571. The molecule has 18 heavy (non-hydrogen) atoms. The van der Waals surface area contributed by atoms with Gasteiger partial charge in [-0.15, -0.1) is 0 Å². The van der Waals surface area contributed by atoms with Crippen molar-refractivity contribution in [3.8, 4) is 5.75 Å². The molecule has 1 aromatic carbocycles. The Morgan fingerprint density at radius 2 is 1.89 bits per heavy atom. The fourth-order valence-corrected chi connectivity index (χ4v) is 2.81. The molecule has 1 aliphatic rings. The number of rotatable bonds is 5. The molecule has 0 bridgehead atoms. The predicted octanol–water partition coefficient (Wildman–Crippen LogP) is -0.369. The third kappa shape index (κ3) is 4.26. The van der Waals surface area contributed by atoms with Crippen LogP contribution in [0.3, 0.4) is 0 Å². The molecule has 2 N–H and O–H groups in total. The first-order valence-corrected chi connectivity index (χ1v) is 7.62. The Balaban J connectivity index is 1.67. The lowest BCUT2D eigenvalue weighted by Gasteiger charge is -2.28. The van der Waals surface area contributed by atoms with Crippen molar-refractivity contribution in [2.45, 2.75) is 6.92 Å². The van der Waals surface area contributed by atoms with Crippen LogP contribution in [0.2, 0.25) is 0 Å².